The number of nitrogens with one attached hydrogen (secondary N) is 1. The van der Waals surface area contributed by atoms with Crippen LogP contribution >= 0.6 is 0 Å². The molecule has 3 fully saturated rings. The summed E-state index contributed by atoms with van der Waals surface area (Å²) in [5.74, 6) is -0.0452. The van der Waals surface area contributed by atoms with Crippen LogP contribution in [0.2, 0.25) is 0 Å². The summed E-state index contributed by atoms with van der Waals surface area (Å²) in [5, 5.41) is 12.5. The molecule has 2 N–H and O–H groups in total. The molecule has 0 spiro atoms. The van der Waals surface area contributed by atoms with Crippen LogP contribution in [-0.2, 0) is 4.79 Å². The number of piperazine rings is 1. The van der Waals surface area contributed by atoms with Gasteiger partial charge in [0.05, 0.1) is 5.56 Å². The largest absolute Gasteiger partial charge is 0.481 e. The summed E-state index contributed by atoms with van der Waals surface area (Å²) < 4.78 is 13.3. The lowest BCUT2D eigenvalue weighted by atomic mass is 9.95. The second-order valence-corrected chi connectivity index (χ2v) is 11.2. The molecular formula is C30H38FN5O4. The van der Waals surface area contributed by atoms with E-state index in [1.165, 1.54) is 30.7 Å². The highest BCUT2D eigenvalue weighted by atomic mass is 19.1. The molecular weight excluding hydrogens is 513 g/mol. The van der Waals surface area contributed by atoms with Crippen molar-refractivity contribution < 1.29 is 23.9 Å². The number of carboxylic acid groups (broad SMARTS) is 1. The van der Waals surface area contributed by atoms with E-state index < -0.39 is 5.97 Å². The molecule has 1 atom stereocenters. The normalized spacial score (nSPS) is 20.3. The van der Waals surface area contributed by atoms with E-state index in [1.807, 2.05) is 12.1 Å². The first-order valence-corrected chi connectivity index (χ1v) is 14.5. The zero-order valence-electron chi connectivity index (χ0n) is 22.9. The number of anilines is 2. The Morgan fingerprint density at radius 1 is 0.875 bits per heavy atom. The van der Waals surface area contributed by atoms with Crippen LogP contribution in [-0.4, -0.2) is 78.1 Å². The van der Waals surface area contributed by atoms with Crippen molar-refractivity contribution in [2.24, 2.45) is 5.92 Å². The summed E-state index contributed by atoms with van der Waals surface area (Å²) in [7, 11) is 0. The van der Waals surface area contributed by atoms with Gasteiger partial charge in [-0.25, -0.2) is 9.37 Å². The summed E-state index contributed by atoms with van der Waals surface area (Å²) in [4.78, 5) is 48.7. The lowest BCUT2D eigenvalue weighted by Crippen LogP contribution is -2.49. The van der Waals surface area contributed by atoms with Gasteiger partial charge >= 0.3 is 5.97 Å². The highest BCUT2D eigenvalue weighted by Gasteiger charge is 2.29. The molecule has 214 valence electrons. The van der Waals surface area contributed by atoms with E-state index in [9.17, 15) is 23.9 Å². The number of aliphatic carboxylic acids is 1. The van der Waals surface area contributed by atoms with Crippen molar-refractivity contribution in [1.82, 2.24) is 15.2 Å². The highest BCUT2D eigenvalue weighted by Crippen LogP contribution is 2.29. The molecule has 2 saturated heterocycles. The predicted octanol–water partition coefficient (Wildman–Crippen LogP) is 3.94. The lowest BCUT2D eigenvalue weighted by molar-refractivity contribution is -0.138. The number of halogens is 1. The Morgan fingerprint density at radius 2 is 1.60 bits per heavy atom. The maximum atomic E-state index is 13.5. The van der Waals surface area contributed by atoms with Gasteiger partial charge < -0.3 is 25.1 Å². The van der Waals surface area contributed by atoms with Crippen LogP contribution in [0.4, 0.5) is 16.0 Å². The molecule has 0 bridgehead atoms. The van der Waals surface area contributed by atoms with E-state index in [-0.39, 0.29) is 36.0 Å². The number of carbonyl (C=O) groups excluding carboxylic acids is 2. The number of piperidine rings is 1. The van der Waals surface area contributed by atoms with Crippen molar-refractivity contribution >= 4 is 29.4 Å². The van der Waals surface area contributed by atoms with Crippen LogP contribution in [0, 0.1) is 11.7 Å². The molecule has 3 aliphatic rings. The summed E-state index contributed by atoms with van der Waals surface area (Å²) >= 11 is 0. The Kier molecular flexibility index (Phi) is 8.81. The van der Waals surface area contributed by atoms with Gasteiger partial charge in [0.1, 0.15) is 17.5 Å². The molecule has 0 unspecified atom stereocenters. The second-order valence-electron chi connectivity index (χ2n) is 11.2. The zero-order valence-corrected chi connectivity index (χ0v) is 22.9. The molecule has 1 aromatic carbocycles. The van der Waals surface area contributed by atoms with E-state index in [0.717, 1.165) is 50.9 Å². The van der Waals surface area contributed by atoms with Crippen molar-refractivity contribution in [3.63, 3.8) is 0 Å². The van der Waals surface area contributed by atoms with Gasteiger partial charge in [-0.05, 0) is 68.0 Å². The van der Waals surface area contributed by atoms with Crippen molar-refractivity contribution in [2.45, 2.75) is 57.4 Å². The fourth-order valence-electron chi connectivity index (χ4n) is 6.13. The fraction of sp³-hybridized carbons (Fsp3) is 0.533. The Bertz CT molecular complexity index is 1210. The first kappa shape index (κ1) is 27.9. The van der Waals surface area contributed by atoms with Crippen LogP contribution in [0.15, 0.2) is 36.4 Å². The third-order valence-electron chi connectivity index (χ3n) is 8.31. The minimum absolute atomic E-state index is 0.0618. The molecule has 2 aromatic rings. The molecule has 3 heterocycles. The number of hydrogen-bond donors (Lipinski definition) is 2. The number of rotatable bonds is 7. The Hall–Kier alpha value is -3.69. The minimum Gasteiger partial charge on any atom is -0.481 e. The lowest BCUT2D eigenvalue weighted by Gasteiger charge is -2.37. The maximum Gasteiger partial charge on any atom is 0.303 e. The maximum absolute atomic E-state index is 13.5. The van der Waals surface area contributed by atoms with Gasteiger partial charge in [0.25, 0.3) is 11.8 Å². The van der Waals surface area contributed by atoms with Gasteiger partial charge in [-0.15, -0.1) is 0 Å². The number of benzene rings is 1. The minimum atomic E-state index is -0.789. The average molecular weight is 552 g/mol. The highest BCUT2D eigenvalue weighted by molar-refractivity contribution is 5.99. The van der Waals surface area contributed by atoms with Crippen LogP contribution in [0.5, 0.6) is 0 Å². The van der Waals surface area contributed by atoms with E-state index >= 15 is 0 Å². The molecule has 2 aliphatic heterocycles. The third-order valence-corrected chi connectivity index (χ3v) is 8.31. The number of amides is 2. The summed E-state index contributed by atoms with van der Waals surface area (Å²) in [6, 6.07) is 9.45. The van der Waals surface area contributed by atoms with Gasteiger partial charge in [0.2, 0.25) is 0 Å². The molecule has 10 heteroatoms. The number of nitrogens with zero attached hydrogens (tertiary/aromatic N) is 4. The van der Waals surface area contributed by atoms with Gasteiger partial charge in [0.15, 0.2) is 0 Å². The van der Waals surface area contributed by atoms with Crippen LogP contribution in [0.1, 0.15) is 72.1 Å². The number of pyridine rings is 1. The van der Waals surface area contributed by atoms with E-state index in [0.29, 0.717) is 49.7 Å². The van der Waals surface area contributed by atoms with Gasteiger partial charge in [0, 0.05) is 57.3 Å². The average Bonchev–Trinajstić information content (AvgIpc) is 2.97. The predicted molar refractivity (Wildman–Crippen MR) is 150 cm³/mol. The topological polar surface area (TPSA) is 106 Å². The second kappa shape index (κ2) is 12.7. The molecule has 40 heavy (non-hydrogen) atoms. The Labute approximate surface area is 234 Å². The van der Waals surface area contributed by atoms with E-state index in [1.54, 1.807) is 4.90 Å². The van der Waals surface area contributed by atoms with Crippen LogP contribution in [0.25, 0.3) is 0 Å². The van der Waals surface area contributed by atoms with E-state index in [2.05, 4.69) is 15.1 Å². The van der Waals surface area contributed by atoms with Gasteiger partial charge in [-0.1, -0.05) is 19.3 Å². The van der Waals surface area contributed by atoms with Crippen LogP contribution < -0.4 is 15.1 Å². The molecule has 5 rings (SSSR count). The number of carbonyl (C=O) groups is 3. The molecule has 1 aliphatic carbocycles. The molecule has 1 aromatic heterocycles. The Morgan fingerprint density at radius 3 is 2.30 bits per heavy atom. The van der Waals surface area contributed by atoms with E-state index in [4.69, 9.17) is 4.98 Å². The number of aromatic nitrogens is 1. The first-order valence-electron chi connectivity index (χ1n) is 14.5. The number of hydrogen-bond acceptors (Lipinski definition) is 6. The quantitative estimate of drug-likeness (QED) is 0.537. The third kappa shape index (κ3) is 6.71. The zero-order chi connectivity index (χ0) is 28.1. The molecule has 2 amide bonds. The molecule has 1 saturated carbocycles. The van der Waals surface area contributed by atoms with Crippen molar-refractivity contribution in [3.05, 3.63) is 53.3 Å². The fourth-order valence-corrected chi connectivity index (χ4v) is 6.13. The SMILES string of the molecule is O=C(O)C[C@@H]1CCCN(c2ccc(C(=O)NC3CCCCC3)c(N3CCN(C(=O)c4ccc(F)cc4)CC3)n2)C1. The van der Waals surface area contributed by atoms with Crippen molar-refractivity contribution in [3.8, 4) is 0 Å². The summed E-state index contributed by atoms with van der Waals surface area (Å²) in [6.07, 6.45) is 7.30. The molecule has 9 nitrogen and oxygen atoms in total. The monoisotopic (exact) mass is 551 g/mol. The van der Waals surface area contributed by atoms with Crippen LogP contribution in [0.3, 0.4) is 0 Å². The first-order chi connectivity index (χ1) is 19.4. The van der Waals surface area contributed by atoms with Gasteiger partial charge in [-0.2, -0.15) is 0 Å². The summed E-state index contributed by atoms with van der Waals surface area (Å²) in [6.45, 7) is 3.33. The number of carboxylic acids is 1. The standard InChI is InChI=1S/C30H38FN5O4/c31-23-10-8-22(9-11-23)30(40)35-17-15-34(16-18-35)28-25(29(39)32-24-6-2-1-3-7-24)12-13-26(33-28)36-14-4-5-21(20-36)19-27(37)38/h8-13,21,24H,1-7,14-20H2,(H,32,39)(H,37,38)/t21-/m0/s1. The van der Waals surface area contributed by atoms with Gasteiger partial charge in [-0.3, -0.25) is 14.4 Å². The Balaban J connectivity index is 1.34. The molecule has 0 radical (unpaired) electrons. The van der Waals surface area contributed by atoms with Crippen molar-refractivity contribution in [2.75, 3.05) is 49.1 Å². The smallest absolute Gasteiger partial charge is 0.303 e. The summed E-state index contributed by atoms with van der Waals surface area (Å²) in [5.41, 5.74) is 0.968. The van der Waals surface area contributed by atoms with Crippen molar-refractivity contribution in [1.29, 1.82) is 0 Å².